The minimum Gasteiger partial charge on any atom is -0.618 e. The normalized spacial score (nSPS) is 9.56. The number of methoxy groups -OCH3 is 1. The van der Waals surface area contributed by atoms with Gasteiger partial charge in [-0.1, -0.05) is 0 Å². The molecule has 86 valence electrons. The molecule has 1 aromatic heterocycles. The third-order valence-electron chi connectivity index (χ3n) is 1.83. The van der Waals surface area contributed by atoms with Crippen LogP contribution in [0, 0.1) is 5.21 Å². The summed E-state index contributed by atoms with van der Waals surface area (Å²) in [5, 5.41) is 21.6. The molecular weight excluding hydrogens is 216 g/mol. The Balaban J connectivity index is 2.73. The van der Waals surface area contributed by atoms with E-state index in [2.05, 4.69) is 5.32 Å². The fraction of sp³-hybridized carbons (Fsp3) is 0.222. The number of ether oxygens (including phenoxy) is 1. The highest BCUT2D eigenvalue weighted by atomic mass is 16.5. The molecule has 0 fully saturated rings. The average molecular weight is 226 g/mol. The molecule has 0 aromatic carbocycles. The highest BCUT2D eigenvalue weighted by Gasteiger charge is 2.13. The SMILES string of the molecule is COc1cc[n+]([O-])c(CNC(=O)C(=O)O)c1. The zero-order chi connectivity index (χ0) is 12.1. The van der Waals surface area contributed by atoms with Crippen LogP contribution in [-0.2, 0) is 16.1 Å². The zero-order valence-corrected chi connectivity index (χ0v) is 8.47. The minimum absolute atomic E-state index is 0.175. The van der Waals surface area contributed by atoms with Gasteiger partial charge >= 0.3 is 11.9 Å². The van der Waals surface area contributed by atoms with Crippen molar-refractivity contribution in [2.75, 3.05) is 7.11 Å². The number of carboxylic acid groups (broad SMARTS) is 1. The van der Waals surface area contributed by atoms with Gasteiger partial charge in [-0.05, 0) is 0 Å². The van der Waals surface area contributed by atoms with Crippen LogP contribution in [0.1, 0.15) is 5.69 Å². The fourth-order valence-corrected chi connectivity index (χ4v) is 1.02. The maximum absolute atomic E-state index is 11.2. The van der Waals surface area contributed by atoms with E-state index in [0.717, 1.165) is 0 Å². The molecule has 0 saturated carbocycles. The molecule has 1 amide bonds. The number of hydrogen-bond donors (Lipinski definition) is 2. The lowest BCUT2D eigenvalue weighted by Gasteiger charge is -2.06. The number of carbonyl (C=O) groups is 2. The van der Waals surface area contributed by atoms with Crippen LogP contribution in [0.4, 0.5) is 0 Å². The Kier molecular flexibility index (Phi) is 3.65. The topological polar surface area (TPSA) is 103 Å². The number of pyridine rings is 1. The van der Waals surface area contributed by atoms with E-state index in [1.165, 1.54) is 25.4 Å². The van der Waals surface area contributed by atoms with Gasteiger partial charge in [0.1, 0.15) is 12.3 Å². The van der Waals surface area contributed by atoms with Gasteiger partial charge < -0.3 is 20.4 Å². The first-order valence-electron chi connectivity index (χ1n) is 4.32. The summed E-state index contributed by atoms with van der Waals surface area (Å²) in [6.07, 6.45) is 1.21. The van der Waals surface area contributed by atoms with Gasteiger partial charge in [0, 0.05) is 6.07 Å². The molecule has 0 spiro atoms. The lowest BCUT2D eigenvalue weighted by molar-refractivity contribution is -0.614. The molecule has 2 N–H and O–H groups in total. The summed E-state index contributed by atoms with van der Waals surface area (Å²) in [7, 11) is 1.43. The van der Waals surface area contributed by atoms with Gasteiger partial charge in [-0.15, -0.1) is 0 Å². The van der Waals surface area contributed by atoms with Crippen LogP contribution in [0.2, 0.25) is 0 Å². The van der Waals surface area contributed by atoms with Crippen molar-refractivity contribution in [3.8, 4) is 5.75 Å². The van der Waals surface area contributed by atoms with Gasteiger partial charge in [0.25, 0.3) is 0 Å². The summed E-state index contributed by atoms with van der Waals surface area (Å²) in [6, 6.07) is 2.87. The highest BCUT2D eigenvalue weighted by molar-refractivity contribution is 6.31. The Hall–Kier alpha value is -2.31. The molecule has 1 rings (SSSR count). The lowest BCUT2D eigenvalue weighted by atomic mass is 10.3. The van der Waals surface area contributed by atoms with Gasteiger partial charge in [-0.2, -0.15) is 4.73 Å². The molecule has 0 aliphatic rings. The molecule has 7 nitrogen and oxygen atoms in total. The van der Waals surface area contributed by atoms with Crippen LogP contribution < -0.4 is 14.8 Å². The van der Waals surface area contributed by atoms with Crippen molar-refractivity contribution in [1.29, 1.82) is 0 Å². The number of aromatic nitrogens is 1. The number of nitrogens with zero attached hydrogens (tertiary/aromatic N) is 1. The Bertz CT molecular complexity index is 418. The van der Waals surface area contributed by atoms with Crippen molar-refractivity contribution in [2.24, 2.45) is 0 Å². The van der Waals surface area contributed by atoms with Crippen LogP contribution in [0.15, 0.2) is 18.3 Å². The van der Waals surface area contributed by atoms with Gasteiger partial charge in [-0.25, -0.2) is 4.79 Å². The van der Waals surface area contributed by atoms with Crippen LogP contribution in [0.3, 0.4) is 0 Å². The second-order valence-corrected chi connectivity index (χ2v) is 2.87. The number of amides is 1. The lowest BCUT2D eigenvalue weighted by Crippen LogP contribution is -2.37. The Labute approximate surface area is 90.8 Å². The average Bonchev–Trinajstić information content (AvgIpc) is 2.27. The summed E-state index contributed by atoms with van der Waals surface area (Å²) in [5.74, 6) is -2.31. The molecule has 0 unspecified atom stereocenters. The van der Waals surface area contributed by atoms with Crippen molar-refractivity contribution >= 4 is 11.9 Å². The Morgan fingerprint density at radius 3 is 2.88 bits per heavy atom. The largest absolute Gasteiger partial charge is 0.618 e. The molecule has 0 aliphatic carbocycles. The number of hydrogen-bond acceptors (Lipinski definition) is 4. The highest BCUT2D eigenvalue weighted by Crippen LogP contribution is 2.08. The van der Waals surface area contributed by atoms with Crippen molar-refractivity contribution in [1.82, 2.24) is 5.32 Å². The third-order valence-corrected chi connectivity index (χ3v) is 1.83. The molecule has 0 atom stereocenters. The van der Waals surface area contributed by atoms with Crippen molar-refractivity contribution in [2.45, 2.75) is 6.54 Å². The van der Waals surface area contributed by atoms with Crippen LogP contribution >= 0.6 is 0 Å². The molecular formula is C9H10N2O5. The summed E-state index contributed by atoms with van der Waals surface area (Å²) < 4.78 is 5.40. The predicted octanol–water partition coefficient (Wildman–Crippen LogP) is -0.971. The molecule has 7 heteroatoms. The van der Waals surface area contributed by atoms with E-state index < -0.39 is 11.9 Å². The summed E-state index contributed by atoms with van der Waals surface area (Å²) in [4.78, 5) is 20.9. The first-order chi connectivity index (χ1) is 7.54. The van der Waals surface area contributed by atoms with Crippen LogP contribution in [-0.4, -0.2) is 24.1 Å². The van der Waals surface area contributed by atoms with Gasteiger partial charge in [-0.3, -0.25) is 4.79 Å². The zero-order valence-electron chi connectivity index (χ0n) is 8.47. The van der Waals surface area contributed by atoms with E-state index in [9.17, 15) is 14.8 Å². The quantitative estimate of drug-likeness (QED) is 0.392. The van der Waals surface area contributed by atoms with Crippen LogP contribution in [0.5, 0.6) is 5.75 Å². The number of aliphatic carboxylic acids is 1. The van der Waals surface area contributed by atoms with E-state index in [0.29, 0.717) is 10.5 Å². The maximum atomic E-state index is 11.2. The number of rotatable bonds is 3. The van der Waals surface area contributed by atoms with E-state index in [-0.39, 0.29) is 12.2 Å². The number of carboxylic acids is 1. The van der Waals surface area contributed by atoms with Crippen LogP contribution in [0.25, 0.3) is 0 Å². The van der Waals surface area contributed by atoms with Crippen molar-refractivity contribution in [3.63, 3.8) is 0 Å². The molecule has 1 aromatic rings. The predicted molar refractivity (Wildman–Crippen MR) is 51.4 cm³/mol. The van der Waals surface area contributed by atoms with Gasteiger partial charge in [0.2, 0.25) is 5.69 Å². The Morgan fingerprint density at radius 1 is 1.62 bits per heavy atom. The molecule has 16 heavy (non-hydrogen) atoms. The third kappa shape index (κ3) is 2.84. The second-order valence-electron chi connectivity index (χ2n) is 2.87. The maximum Gasteiger partial charge on any atom is 0.394 e. The minimum atomic E-state index is -1.60. The summed E-state index contributed by atoms with van der Waals surface area (Å²) >= 11 is 0. The molecule has 0 aliphatic heterocycles. The van der Waals surface area contributed by atoms with Crippen molar-refractivity contribution in [3.05, 3.63) is 29.2 Å². The first kappa shape index (κ1) is 11.8. The van der Waals surface area contributed by atoms with E-state index in [4.69, 9.17) is 9.84 Å². The van der Waals surface area contributed by atoms with E-state index in [1.807, 2.05) is 0 Å². The van der Waals surface area contributed by atoms with Gasteiger partial charge in [0.15, 0.2) is 6.20 Å². The van der Waals surface area contributed by atoms with E-state index in [1.54, 1.807) is 0 Å². The first-order valence-corrected chi connectivity index (χ1v) is 4.32. The number of nitrogens with one attached hydrogen (secondary N) is 1. The molecule has 0 bridgehead atoms. The smallest absolute Gasteiger partial charge is 0.394 e. The number of carbonyl (C=O) groups excluding carboxylic acids is 1. The monoisotopic (exact) mass is 226 g/mol. The second kappa shape index (κ2) is 4.96. The summed E-state index contributed by atoms with van der Waals surface area (Å²) in [5.41, 5.74) is 0.189. The Morgan fingerprint density at radius 2 is 2.31 bits per heavy atom. The van der Waals surface area contributed by atoms with Gasteiger partial charge in [0.05, 0.1) is 13.2 Å². The summed E-state index contributed by atoms with van der Waals surface area (Å²) in [6.45, 7) is -0.175. The standard InChI is InChI=1S/C9H10N2O5/c1-16-7-2-3-11(15)6(4-7)5-10-8(12)9(13)14/h2-4H,5H2,1H3,(H,10,12)(H,13,14). The molecule has 1 heterocycles. The molecule has 0 radical (unpaired) electrons. The molecule has 0 saturated heterocycles. The van der Waals surface area contributed by atoms with E-state index >= 15 is 0 Å². The van der Waals surface area contributed by atoms with Crippen molar-refractivity contribution < 1.29 is 24.2 Å². The fourth-order valence-electron chi connectivity index (χ4n) is 1.02.